The molecular formula is C22H27Cl2N3O4S. The number of aryl methyl sites for hydroxylation is 1. The van der Waals surface area contributed by atoms with Gasteiger partial charge >= 0.3 is 0 Å². The molecule has 2 amide bonds. The molecule has 0 aliphatic carbocycles. The number of halogens is 2. The Labute approximate surface area is 199 Å². The van der Waals surface area contributed by atoms with Crippen LogP contribution in [0.4, 0.5) is 5.69 Å². The lowest BCUT2D eigenvalue weighted by Crippen LogP contribution is -2.50. The number of hydrogen-bond acceptors (Lipinski definition) is 4. The SMILES string of the molecule is CNC(=O)[C@H](C)N(Cc1c(Cl)cccc1Cl)C(=O)CN(c1cccc(C)c1C)S(C)(=O)=O. The first kappa shape index (κ1) is 26.0. The number of sulfonamides is 1. The summed E-state index contributed by atoms with van der Waals surface area (Å²) in [6.07, 6.45) is 1.04. The molecule has 32 heavy (non-hydrogen) atoms. The van der Waals surface area contributed by atoms with Crippen molar-refractivity contribution in [2.24, 2.45) is 0 Å². The standard InChI is InChI=1S/C22H27Cl2N3O4S/c1-14-8-6-11-20(15(14)2)27(32(5,30)31)13-21(28)26(16(3)22(29)25-4)12-17-18(23)9-7-10-19(17)24/h6-11,16H,12-13H2,1-5H3,(H,25,29)/t16-/m0/s1. The third-order valence-corrected chi connectivity index (χ3v) is 7.16. The molecule has 2 aromatic rings. The fraction of sp³-hybridized carbons (Fsp3) is 0.364. The molecule has 0 spiro atoms. The van der Waals surface area contributed by atoms with Crippen LogP contribution in [-0.4, -0.2) is 51.0 Å². The number of nitrogens with zero attached hydrogens (tertiary/aromatic N) is 2. The van der Waals surface area contributed by atoms with E-state index in [1.54, 1.807) is 44.2 Å². The van der Waals surface area contributed by atoms with Crippen molar-refractivity contribution in [1.29, 1.82) is 0 Å². The Balaban J connectivity index is 2.49. The summed E-state index contributed by atoms with van der Waals surface area (Å²) in [6.45, 7) is 4.68. The minimum atomic E-state index is -3.79. The zero-order valence-corrected chi connectivity index (χ0v) is 21.0. The van der Waals surface area contributed by atoms with Crippen LogP contribution >= 0.6 is 23.2 Å². The van der Waals surface area contributed by atoms with Gasteiger partial charge in [0.1, 0.15) is 12.6 Å². The lowest BCUT2D eigenvalue weighted by molar-refractivity contribution is -0.139. The quantitative estimate of drug-likeness (QED) is 0.601. The second-order valence-electron chi connectivity index (χ2n) is 7.50. The number of rotatable bonds is 8. The third kappa shape index (κ3) is 5.94. The topological polar surface area (TPSA) is 86.8 Å². The number of likely N-dealkylation sites (N-methyl/N-ethyl adjacent to an activating group) is 1. The summed E-state index contributed by atoms with van der Waals surface area (Å²) < 4.78 is 26.3. The van der Waals surface area contributed by atoms with E-state index in [-0.39, 0.29) is 6.54 Å². The number of carbonyl (C=O) groups excluding carboxylic acids is 2. The summed E-state index contributed by atoms with van der Waals surface area (Å²) >= 11 is 12.6. The lowest BCUT2D eigenvalue weighted by Gasteiger charge is -2.32. The van der Waals surface area contributed by atoms with Gasteiger partial charge in [0.2, 0.25) is 21.8 Å². The highest BCUT2D eigenvalue weighted by atomic mass is 35.5. The van der Waals surface area contributed by atoms with Gasteiger partial charge in [-0.3, -0.25) is 13.9 Å². The molecule has 10 heteroatoms. The highest BCUT2D eigenvalue weighted by Gasteiger charge is 2.31. The van der Waals surface area contributed by atoms with Crippen molar-refractivity contribution < 1.29 is 18.0 Å². The van der Waals surface area contributed by atoms with Gasteiger partial charge in [-0.25, -0.2) is 8.42 Å². The van der Waals surface area contributed by atoms with Gasteiger partial charge in [-0.2, -0.15) is 0 Å². The van der Waals surface area contributed by atoms with Crippen molar-refractivity contribution in [2.45, 2.75) is 33.4 Å². The minimum absolute atomic E-state index is 0.0592. The van der Waals surface area contributed by atoms with Crippen molar-refractivity contribution >= 4 is 50.7 Å². The number of amides is 2. The van der Waals surface area contributed by atoms with Gasteiger partial charge in [-0.05, 0) is 50.1 Å². The molecule has 0 heterocycles. The molecule has 174 valence electrons. The van der Waals surface area contributed by atoms with Crippen LogP contribution in [0.25, 0.3) is 0 Å². The molecular weight excluding hydrogens is 473 g/mol. The molecule has 0 fully saturated rings. The van der Waals surface area contributed by atoms with E-state index < -0.39 is 34.4 Å². The number of carbonyl (C=O) groups is 2. The van der Waals surface area contributed by atoms with E-state index in [1.165, 1.54) is 11.9 Å². The molecule has 2 rings (SSSR count). The monoisotopic (exact) mass is 499 g/mol. The van der Waals surface area contributed by atoms with Gasteiger partial charge in [0.05, 0.1) is 11.9 Å². The maximum atomic E-state index is 13.4. The molecule has 0 saturated carbocycles. The van der Waals surface area contributed by atoms with Gasteiger partial charge in [-0.1, -0.05) is 41.4 Å². The Morgan fingerprint density at radius 1 is 1.06 bits per heavy atom. The van der Waals surface area contributed by atoms with Crippen molar-refractivity contribution in [3.63, 3.8) is 0 Å². The predicted molar refractivity (Wildman–Crippen MR) is 129 cm³/mol. The Bertz CT molecular complexity index is 1100. The fourth-order valence-electron chi connectivity index (χ4n) is 3.25. The van der Waals surface area contributed by atoms with Crippen molar-refractivity contribution in [2.75, 3.05) is 24.2 Å². The van der Waals surface area contributed by atoms with Crippen LogP contribution < -0.4 is 9.62 Å². The van der Waals surface area contributed by atoms with Crippen LogP contribution in [0.1, 0.15) is 23.6 Å². The first-order valence-electron chi connectivity index (χ1n) is 9.86. The lowest BCUT2D eigenvalue weighted by atomic mass is 10.1. The molecule has 2 aromatic carbocycles. The van der Waals surface area contributed by atoms with Crippen molar-refractivity contribution in [3.8, 4) is 0 Å². The normalized spacial score (nSPS) is 12.2. The van der Waals surface area contributed by atoms with E-state index in [0.29, 0.717) is 21.3 Å². The summed E-state index contributed by atoms with van der Waals surface area (Å²) in [7, 11) is -2.33. The summed E-state index contributed by atoms with van der Waals surface area (Å²) in [5, 5.41) is 3.20. The van der Waals surface area contributed by atoms with E-state index in [2.05, 4.69) is 5.32 Å². The molecule has 0 bridgehead atoms. The Kier molecular flexibility index (Phi) is 8.56. The molecule has 0 aliphatic rings. The first-order chi connectivity index (χ1) is 14.9. The summed E-state index contributed by atoms with van der Waals surface area (Å²) in [6, 6.07) is 9.29. The molecule has 1 N–H and O–H groups in total. The molecule has 0 unspecified atom stereocenters. The molecule has 0 radical (unpaired) electrons. The van der Waals surface area contributed by atoms with E-state index in [4.69, 9.17) is 23.2 Å². The fourth-order valence-corrected chi connectivity index (χ4v) is 4.66. The van der Waals surface area contributed by atoms with Gasteiger partial charge in [0, 0.05) is 29.2 Å². The second kappa shape index (κ2) is 10.6. The highest BCUT2D eigenvalue weighted by molar-refractivity contribution is 7.92. The Morgan fingerprint density at radius 2 is 1.62 bits per heavy atom. The number of anilines is 1. The molecule has 1 atom stereocenters. The second-order valence-corrected chi connectivity index (χ2v) is 10.2. The van der Waals surface area contributed by atoms with Gasteiger partial charge in [0.25, 0.3) is 0 Å². The van der Waals surface area contributed by atoms with Crippen LogP contribution in [0, 0.1) is 13.8 Å². The summed E-state index contributed by atoms with van der Waals surface area (Å²) in [5.74, 6) is -0.970. The maximum Gasteiger partial charge on any atom is 0.244 e. The number of nitrogens with one attached hydrogen (secondary N) is 1. The van der Waals surface area contributed by atoms with Gasteiger partial charge in [-0.15, -0.1) is 0 Å². The van der Waals surface area contributed by atoms with Crippen LogP contribution in [0.5, 0.6) is 0 Å². The maximum absolute atomic E-state index is 13.4. The van der Waals surface area contributed by atoms with Crippen LogP contribution in [0.3, 0.4) is 0 Å². The van der Waals surface area contributed by atoms with Crippen molar-refractivity contribution in [1.82, 2.24) is 10.2 Å². The first-order valence-corrected chi connectivity index (χ1v) is 12.5. The smallest absolute Gasteiger partial charge is 0.244 e. The minimum Gasteiger partial charge on any atom is -0.357 e. The number of hydrogen-bond donors (Lipinski definition) is 1. The van der Waals surface area contributed by atoms with E-state index in [9.17, 15) is 18.0 Å². The molecule has 0 aromatic heterocycles. The van der Waals surface area contributed by atoms with E-state index in [1.807, 2.05) is 13.0 Å². The van der Waals surface area contributed by atoms with Crippen LogP contribution in [0.15, 0.2) is 36.4 Å². The van der Waals surface area contributed by atoms with Crippen molar-refractivity contribution in [3.05, 3.63) is 63.1 Å². The average molecular weight is 500 g/mol. The van der Waals surface area contributed by atoms with Crippen LogP contribution in [0.2, 0.25) is 10.0 Å². The summed E-state index contributed by atoms with van der Waals surface area (Å²) in [5.41, 5.74) is 2.51. The molecule has 0 aliphatic heterocycles. The zero-order valence-electron chi connectivity index (χ0n) is 18.6. The number of benzene rings is 2. The highest BCUT2D eigenvalue weighted by Crippen LogP contribution is 2.28. The zero-order chi connectivity index (χ0) is 24.2. The van der Waals surface area contributed by atoms with E-state index >= 15 is 0 Å². The van der Waals surface area contributed by atoms with Crippen LogP contribution in [-0.2, 0) is 26.2 Å². The third-order valence-electron chi connectivity index (χ3n) is 5.33. The average Bonchev–Trinajstić information content (AvgIpc) is 2.72. The van der Waals surface area contributed by atoms with Gasteiger partial charge in [0.15, 0.2) is 0 Å². The van der Waals surface area contributed by atoms with E-state index in [0.717, 1.165) is 21.7 Å². The Hall–Kier alpha value is -2.29. The molecule has 7 nitrogen and oxygen atoms in total. The Morgan fingerprint density at radius 3 is 2.16 bits per heavy atom. The van der Waals surface area contributed by atoms with Gasteiger partial charge < -0.3 is 10.2 Å². The predicted octanol–water partition coefficient (Wildman–Crippen LogP) is 3.54. The molecule has 0 saturated heterocycles. The largest absolute Gasteiger partial charge is 0.357 e. The summed E-state index contributed by atoms with van der Waals surface area (Å²) in [4.78, 5) is 27.1.